The molecular formula is C14H17Cl2NO3S. The first kappa shape index (κ1) is 16.6. The van der Waals surface area contributed by atoms with Crippen LogP contribution < -0.4 is 0 Å². The third kappa shape index (κ3) is 3.90. The molecule has 1 heterocycles. The zero-order valence-electron chi connectivity index (χ0n) is 11.7. The summed E-state index contributed by atoms with van der Waals surface area (Å²) in [6, 6.07) is 2.88. The molecule has 0 aliphatic carbocycles. The van der Waals surface area contributed by atoms with Gasteiger partial charge in [-0.15, -0.1) is 0 Å². The van der Waals surface area contributed by atoms with Crippen LogP contribution in [0.2, 0.25) is 5.02 Å². The van der Waals surface area contributed by atoms with Gasteiger partial charge < -0.3 is 4.90 Å². The normalized spacial score (nSPS) is 16.6. The molecule has 0 unspecified atom stereocenters. The Morgan fingerprint density at radius 3 is 2.24 bits per heavy atom. The van der Waals surface area contributed by atoms with Crippen LogP contribution in [-0.2, 0) is 9.05 Å². The average molecular weight is 350 g/mol. The average Bonchev–Trinajstić information content (AvgIpc) is 2.68. The molecular weight excluding hydrogens is 333 g/mol. The number of hydrogen-bond donors (Lipinski definition) is 0. The van der Waals surface area contributed by atoms with Crippen molar-refractivity contribution in [3.05, 3.63) is 28.3 Å². The van der Waals surface area contributed by atoms with E-state index < -0.39 is 9.05 Å². The van der Waals surface area contributed by atoms with E-state index in [1.54, 1.807) is 17.9 Å². The highest BCUT2D eigenvalue weighted by atomic mass is 35.7. The van der Waals surface area contributed by atoms with Crippen LogP contribution in [0.3, 0.4) is 0 Å². The first-order valence-electron chi connectivity index (χ1n) is 6.85. The predicted octanol–water partition coefficient (Wildman–Crippen LogP) is 3.59. The molecule has 0 bridgehead atoms. The van der Waals surface area contributed by atoms with Gasteiger partial charge >= 0.3 is 0 Å². The maximum atomic E-state index is 12.5. The first-order valence-corrected chi connectivity index (χ1v) is 9.53. The molecule has 0 atom stereocenters. The van der Waals surface area contributed by atoms with Gasteiger partial charge in [0.2, 0.25) is 0 Å². The molecule has 1 fully saturated rings. The fraction of sp³-hybridized carbons (Fsp3) is 0.500. The molecule has 1 aliphatic rings. The lowest BCUT2D eigenvalue weighted by Crippen LogP contribution is -2.32. The fourth-order valence-corrected chi connectivity index (χ4v) is 4.03. The molecule has 116 valence electrons. The summed E-state index contributed by atoms with van der Waals surface area (Å²) in [6.07, 6.45) is 4.17. The number of amides is 1. The van der Waals surface area contributed by atoms with E-state index >= 15 is 0 Å². The Bertz CT molecular complexity index is 650. The minimum Gasteiger partial charge on any atom is -0.339 e. The van der Waals surface area contributed by atoms with Gasteiger partial charge in [-0.2, -0.15) is 0 Å². The number of benzene rings is 1. The van der Waals surface area contributed by atoms with E-state index in [2.05, 4.69) is 0 Å². The van der Waals surface area contributed by atoms with Crippen LogP contribution in [0.15, 0.2) is 17.0 Å². The molecule has 0 spiro atoms. The number of nitrogens with zero attached hydrogens (tertiary/aromatic N) is 1. The summed E-state index contributed by atoms with van der Waals surface area (Å²) in [6.45, 7) is 3.06. The minimum atomic E-state index is -3.98. The van der Waals surface area contributed by atoms with Crippen molar-refractivity contribution in [1.29, 1.82) is 0 Å². The molecule has 0 N–H and O–H groups in total. The van der Waals surface area contributed by atoms with Gasteiger partial charge in [0.15, 0.2) is 0 Å². The van der Waals surface area contributed by atoms with E-state index in [-0.39, 0.29) is 15.8 Å². The number of aryl methyl sites for hydroxylation is 1. The SMILES string of the molecule is Cc1cc(C(=O)N2CCCCCC2)cc(S(=O)(=O)Cl)c1Cl. The van der Waals surface area contributed by atoms with Gasteiger partial charge in [-0.25, -0.2) is 8.42 Å². The van der Waals surface area contributed by atoms with Gasteiger partial charge in [0.1, 0.15) is 4.90 Å². The monoisotopic (exact) mass is 349 g/mol. The van der Waals surface area contributed by atoms with Crippen molar-refractivity contribution in [3.8, 4) is 0 Å². The largest absolute Gasteiger partial charge is 0.339 e. The Morgan fingerprint density at radius 2 is 1.71 bits per heavy atom. The molecule has 1 saturated heterocycles. The van der Waals surface area contributed by atoms with Gasteiger partial charge in [0.25, 0.3) is 15.0 Å². The molecule has 1 aliphatic heterocycles. The molecule has 0 radical (unpaired) electrons. The lowest BCUT2D eigenvalue weighted by atomic mass is 10.1. The van der Waals surface area contributed by atoms with E-state index in [0.717, 1.165) is 25.7 Å². The minimum absolute atomic E-state index is 0.0671. The van der Waals surface area contributed by atoms with Crippen molar-refractivity contribution in [1.82, 2.24) is 4.90 Å². The fourth-order valence-electron chi connectivity index (χ4n) is 2.49. The highest BCUT2D eigenvalue weighted by Gasteiger charge is 2.23. The van der Waals surface area contributed by atoms with Crippen molar-refractivity contribution in [2.45, 2.75) is 37.5 Å². The van der Waals surface area contributed by atoms with E-state index in [9.17, 15) is 13.2 Å². The molecule has 1 amide bonds. The quantitative estimate of drug-likeness (QED) is 0.766. The molecule has 4 nitrogen and oxygen atoms in total. The summed E-state index contributed by atoms with van der Waals surface area (Å²) < 4.78 is 23.1. The summed E-state index contributed by atoms with van der Waals surface area (Å²) in [5.74, 6) is -0.168. The van der Waals surface area contributed by atoms with Gasteiger partial charge in [0.05, 0.1) is 5.02 Å². The van der Waals surface area contributed by atoms with E-state index in [1.165, 1.54) is 6.07 Å². The smallest absolute Gasteiger partial charge is 0.262 e. The van der Waals surface area contributed by atoms with Crippen molar-refractivity contribution in [3.63, 3.8) is 0 Å². The van der Waals surface area contributed by atoms with Crippen LogP contribution in [0.1, 0.15) is 41.6 Å². The van der Waals surface area contributed by atoms with Crippen molar-refractivity contribution < 1.29 is 13.2 Å². The van der Waals surface area contributed by atoms with Crippen molar-refractivity contribution in [2.24, 2.45) is 0 Å². The topological polar surface area (TPSA) is 54.5 Å². The van der Waals surface area contributed by atoms with Gasteiger partial charge in [0, 0.05) is 29.3 Å². The second-order valence-corrected chi connectivity index (χ2v) is 8.16. The molecule has 1 aromatic carbocycles. The number of carbonyl (C=O) groups excluding carboxylic acids is 1. The molecule has 0 aromatic heterocycles. The standard InChI is InChI=1S/C14H17Cl2NO3S/c1-10-8-11(9-12(13(10)15)21(16,19)20)14(18)17-6-4-2-3-5-7-17/h8-9H,2-7H2,1H3. The van der Waals surface area contributed by atoms with Gasteiger partial charge in [-0.3, -0.25) is 4.79 Å². The zero-order valence-corrected chi connectivity index (χ0v) is 14.1. The van der Waals surface area contributed by atoms with Crippen LogP contribution in [0.4, 0.5) is 0 Å². The predicted molar refractivity (Wildman–Crippen MR) is 83.6 cm³/mol. The Balaban J connectivity index is 2.39. The molecule has 1 aromatic rings. The van der Waals surface area contributed by atoms with Crippen molar-refractivity contribution in [2.75, 3.05) is 13.1 Å². The zero-order chi connectivity index (χ0) is 15.6. The Labute approximate surface area is 134 Å². The van der Waals surface area contributed by atoms with Crippen LogP contribution in [-0.4, -0.2) is 32.3 Å². The van der Waals surface area contributed by atoms with Gasteiger partial charge in [-0.1, -0.05) is 24.4 Å². The molecule has 2 rings (SSSR count). The van der Waals surface area contributed by atoms with Crippen LogP contribution in [0, 0.1) is 6.92 Å². The maximum absolute atomic E-state index is 12.5. The van der Waals surface area contributed by atoms with E-state index in [1.807, 2.05) is 0 Å². The summed E-state index contributed by atoms with van der Waals surface area (Å²) >= 11 is 5.98. The van der Waals surface area contributed by atoms with Gasteiger partial charge in [-0.05, 0) is 37.5 Å². The summed E-state index contributed by atoms with van der Waals surface area (Å²) in [5.41, 5.74) is 0.842. The molecule has 0 saturated carbocycles. The maximum Gasteiger partial charge on any atom is 0.262 e. The summed E-state index contributed by atoms with van der Waals surface area (Å²) in [4.78, 5) is 14.1. The third-order valence-electron chi connectivity index (χ3n) is 3.62. The van der Waals surface area contributed by atoms with Crippen LogP contribution in [0.25, 0.3) is 0 Å². The van der Waals surface area contributed by atoms with Crippen LogP contribution in [0.5, 0.6) is 0 Å². The van der Waals surface area contributed by atoms with E-state index in [4.69, 9.17) is 22.3 Å². The number of carbonyl (C=O) groups is 1. The van der Waals surface area contributed by atoms with Crippen molar-refractivity contribution >= 4 is 37.2 Å². The third-order valence-corrected chi connectivity index (χ3v) is 5.58. The molecule has 21 heavy (non-hydrogen) atoms. The Morgan fingerprint density at radius 1 is 1.14 bits per heavy atom. The second-order valence-electron chi connectivity index (χ2n) is 5.25. The Kier molecular flexibility index (Phi) is 5.17. The summed E-state index contributed by atoms with van der Waals surface area (Å²) in [7, 11) is 1.41. The second kappa shape index (κ2) is 6.55. The highest BCUT2D eigenvalue weighted by molar-refractivity contribution is 8.13. The Hall–Kier alpha value is -0.780. The first-order chi connectivity index (χ1) is 9.80. The number of likely N-dealkylation sites (tertiary alicyclic amines) is 1. The highest BCUT2D eigenvalue weighted by Crippen LogP contribution is 2.30. The summed E-state index contributed by atoms with van der Waals surface area (Å²) in [5, 5.41) is 0.0671. The molecule has 7 heteroatoms. The van der Waals surface area contributed by atoms with Crippen LogP contribution >= 0.6 is 22.3 Å². The lowest BCUT2D eigenvalue weighted by molar-refractivity contribution is 0.0761. The number of halogens is 2. The lowest BCUT2D eigenvalue weighted by Gasteiger charge is -2.21. The number of rotatable bonds is 2. The van der Waals surface area contributed by atoms with E-state index in [0.29, 0.717) is 24.2 Å². The number of hydrogen-bond acceptors (Lipinski definition) is 3.